The summed E-state index contributed by atoms with van der Waals surface area (Å²) < 4.78 is 14.8. The van der Waals surface area contributed by atoms with Gasteiger partial charge in [0.1, 0.15) is 11.5 Å². The number of pyridine rings is 1. The van der Waals surface area contributed by atoms with Gasteiger partial charge in [-0.15, -0.1) is 0 Å². The summed E-state index contributed by atoms with van der Waals surface area (Å²) in [6.45, 7) is 1.77. The van der Waals surface area contributed by atoms with E-state index < -0.39 is 23.3 Å². The second kappa shape index (κ2) is 6.38. The van der Waals surface area contributed by atoms with Gasteiger partial charge in [-0.25, -0.2) is 14.1 Å². The normalized spacial score (nSPS) is 21.0. The lowest BCUT2D eigenvalue weighted by atomic mass is 9.86. The summed E-state index contributed by atoms with van der Waals surface area (Å²) in [5.41, 5.74) is -0.391. The summed E-state index contributed by atoms with van der Waals surface area (Å²) in [6.07, 6.45) is 3.20. The molecule has 1 aromatic heterocycles. The summed E-state index contributed by atoms with van der Waals surface area (Å²) in [4.78, 5) is 31.9. The standard InChI is InChI=1S/C17H14BrClFN3O2/c1-17(10-4-3-5-21-9-10)8-14(24)23(16(25)22(17)2)15-12(19)6-11(18)7-13(15)20/h3-7,9H,8H2,1-2H3/t17-/m0/s1. The number of urea groups is 1. The number of halogens is 3. The molecule has 1 aliphatic heterocycles. The van der Waals surface area contributed by atoms with Crippen LogP contribution < -0.4 is 4.90 Å². The van der Waals surface area contributed by atoms with Crippen LogP contribution in [-0.4, -0.2) is 28.9 Å². The summed E-state index contributed by atoms with van der Waals surface area (Å²) >= 11 is 9.22. The van der Waals surface area contributed by atoms with Crippen LogP contribution in [0, 0.1) is 5.82 Å². The Bertz CT molecular complexity index is 841. The minimum atomic E-state index is -0.878. The Morgan fingerprint density at radius 1 is 1.36 bits per heavy atom. The van der Waals surface area contributed by atoms with Gasteiger partial charge >= 0.3 is 6.03 Å². The molecular formula is C17H14BrClFN3O2. The molecule has 8 heteroatoms. The number of imide groups is 1. The van der Waals surface area contributed by atoms with Crippen LogP contribution in [0.5, 0.6) is 0 Å². The van der Waals surface area contributed by atoms with Crippen LogP contribution in [-0.2, 0) is 10.3 Å². The molecule has 0 bridgehead atoms. The van der Waals surface area contributed by atoms with E-state index in [1.807, 2.05) is 0 Å². The van der Waals surface area contributed by atoms with Crippen molar-refractivity contribution in [2.24, 2.45) is 0 Å². The smallest absolute Gasteiger partial charge is 0.317 e. The Balaban J connectivity index is 2.06. The number of anilines is 1. The zero-order valence-corrected chi connectivity index (χ0v) is 15.8. The molecule has 2 heterocycles. The summed E-state index contributed by atoms with van der Waals surface area (Å²) in [5.74, 6) is -1.28. The highest BCUT2D eigenvalue weighted by Crippen LogP contribution is 2.40. The number of hydrogen-bond donors (Lipinski definition) is 0. The Hall–Kier alpha value is -1.99. The van der Waals surface area contributed by atoms with Crippen molar-refractivity contribution < 1.29 is 14.0 Å². The van der Waals surface area contributed by atoms with Crippen molar-refractivity contribution in [3.05, 3.63) is 57.5 Å². The highest BCUT2D eigenvalue weighted by molar-refractivity contribution is 9.10. The van der Waals surface area contributed by atoms with Crippen molar-refractivity contribution in [2.75, 3.05) is 11.9 Å². The highest BCUT2D eigenvalue weighted by Gasteiger charge is 2.47. The van der Waals surface area contributed by atoms with E-state index in [4.69, 9.17) is 11.6 Å². The van der Waals surface area contributed by atoms with Crippen molar-refractivity contribution >= 4 is 45.2 Å². The van der Waals surface area contributed by atoms with E-state index in [0.717, 1.165) is 16.5 Å². The third-order valence-corrected chi connectivity index (χ3v) is 5.20. The van der Waals surface area contributed by atoms with Gasteiger partial charge in [-0.1, -0.05) is 33.6 Å². The molecule has 0 aliphatic carbocycles. The zero-order chi connectivity index (χ0) is 18.4. The van der Waals surface area contributed by atoms with Gasteiger partial charge in [0.2, 0.25) is 5.91 Å². The van der Waals surface area contributed by atoms with E-state index in [1.165, 1.54) is 11.0 Å². The Kier molecular flexibility index (Phi) is 4.55. The molecule has 1 saturated heterocycles. The van der Waals surface area contributed by atoms with Gasteiger partial charge in [0.25, 0.3) is 0 Å². The van der Waals surface area contributed by atoms with Gasteiger partial charge in [-0.2, -0.15) is 0 Å². The second-order valence-corrected chi connectivity index (χ2v) is 7.30. The lowest BCUT2D eigenvalue weighted by molar-refractivity contribution is -0.122. The summed E-state index contributed by atoms with van der Waals surface area (Å²) in [6, 6.07) is 5.49. The molecular weight excluding hydrogens is 413 g/mol. The van der Waals surface area contributed by atoms with Crippen LogP contribution in [0.2, 0.25) is 5.02 Å². The molecule has 25 heavy (non-hydrogen) atoms. The first-order valence-corrected chi connectivity index (χ1v) is 8.58. The van der Waals surface area contributed by atoms with Crippen molar-refractivity contribution in [1.82, 2.24) is 9.88 Å². The molecule has 1 atom stereocenters. The fraction of sp³-hybridized carbons (Fsp3) is 0.235. The number of amides is 3. The van der Waals surface area contributed by atoms with E-state index in [1.54, 1.807) is 38.5 Å². The van der Waals surface area contributed by atoms with Gasteiger partial charge in [0.05, 0.1) is 17.0 Å². The average molecular weight is 427 g/mol. The number of benzene rings is 1. The third-order valence-electron chi connectivity index (χ3n) is 4.45. The van der Waals surface area contributed by atoms with Gasteiger partial charge < -0.3 is 4.90 Å². The number of carbonyl (C=O) groups excluding carboxylic acids is 2. The van der Waals surface area contributed by atoms with Crippen molar-refractivity contribution in [3.8, 4) is 0 Å². The quantitative estimate of drug-likeness (QED) is 0.718. The average Bonchev–Trinajstić information content (AvgIpc) is 2.56. The van der Waals surface area contributed by atoms with E-state index in [9.17, 15) is 14.0 Å². The molecule has 2 aromatic rings. The largest absolute Gasteiger partial charge is 0.331 e. The molecule has 0 unspecified atom stereocenters. The Labute approximate surface area is 157 Å². The molecule has 3 amide bonds. The predicted octanol–water partition coefficient (Wildman–Crippen LogP) is 4.34. The number of hydrogen-bond acceptors (Lipinski definition) is 3. The van der Waals surface area contributed by atoms with Crippen LogP contribution in [0.1, 0.15) is 18.9 Å². The lowest BCUT2D eigenvalue weighted by Crippen LogP contribution is -2.60. The third kappa shape index (κ3) is 2.91. The molecule has 1 fully saturated rings. The van der Waals surface area contributed by atoms with E-state index >= 15 is 0 Å². The summed E-state index contributed by atoms with van der Waals surface area (Å²) in [7, 11) is 1.57. The number of rotatable bonds is 2. The molecule has 1 aromatic carbocycles. The molecule has 0 N–H and O–H groups in total. The first kappa shape index (κ1) is 17.8. The van der Waals surface area contributed by atoms with E-state index in [-0.39, 0.29) is 17.1 Å². The zero-order valence-electron chi connectivity index (χ0n) is 13.5. The van der Waals surface area contributed by atoms with Gasteiger partial charge in [-0.3, -0.25) is 9.78 Å². The van der Waals surface area contributed by atoms with Crippen molar-refractivity contribution in [2.45, 2.75) is 18.9 Å². The number of aromatic nitrogens is 1. The van der Waals surface area contributed by atoms with E-state index in [0.29, 0.717) is 4.47 Å². The minimum absolute atomic E-state index is 0.0211. The Morgan fingerprint density at radius 2 is 2.08 bits per heavy atom. The highest BCUT2D eigenvalue weighted by atomic mass is 79.9. The van der Waals surface area contributed by atoms with Crippen LogP contribution in [0.4, 0.5) is 14.9 Å². The van der Waals surface area contributed by atoms with Gasteiger partial charge in [-0.05, 0) is 30.7 Å². The number of nitrogens with zero attached hydrogens (tertiary/aromatic N) is 3. The van der Waals surface area contributed by atoms with Crippen LogP contribution in [0.25, 0.3) is 0 Å². The molecule has 0 radical (unpaired) electrons. The molecule has 5 nitrogen and oxygen atoms in total. The van der Waals surface area contributed by atoms with Gasteiger partial charge in [0, 0.05) is 23.9 Å². The molecule has 130 valence electrons. The van der Waals surface area contributed by atoms with Crippen molar-refractivity contribution in [1.29, 1.82) is 0 Å². The second-order valence-electron chi connectivity index (χ2n) is 5.98. The molecule has 0 spiro atoms. The minimum Gasteiger partial charge on any atom is -0.317 e. The molecule has 1 aliphatic rings. The topological polar surface area (TPSA) is 53.5 Å². The van der Waals surface area contributed by atoms with Gasteiger partial charge in [0.15, 0.2) is 0 Å². The maximum Gasteiger partial charge on any atom is 0.331 e. The monoisotopic (exact) mass is 425 g/mol. The summed E-state index contributed by atoms with van der Waals surface area (Å²) in [5, 5.41) is -0.0213. The first-order chi connectivity index (χ1) is 11.8. The fourth-order valence-corrected chi connectivity index (χ4v) is 3.76. The first-order valence-electron chi connectivity index (χ1n) is 7.41. The van der Waals surface area contributed by atoms with Crippen LogP contribution in [0.15, 0.2) is 41.1 Å². The SMILES string of the molecule is CN1C(=O)N(c2c(F)cc(Br)cc2Cl)C(=O)C[C@@]1(C)c1cccnc1. The Morgan fingerprint density at radius 3 is 2.68 bits per heavy atom. The van der Waals surface area contributed by atoms with Crippen LogP contribution in [0.3, 0.4) is 0 Å². The maximum atomic E-state index is 14.4. The van der Waals surface area contributed by atoms with Crippen LogP contribution >= 0.6 is 27.5 Å². The molecule has 0 saturated carbocycles. The maximum absolute atomic E-state index is 14.4. The molecule has 3 rings (SSSR count). The lowest BCUT2D eigenvalue weighted by Gasteiger charge is -2.45. The fourth-order valence-electron chi connectivity index (χ4n) is 2.91. The number of carbonyl (C=O) groups is 2. The van der Waals surface area contributed by atoms with E-state index in [2.05, 4.69) is 20.9 Å². The predicted molar refractivity (Wildman–Crippen MR) is 96.0 cm³/mol. The van der Waals surface area contributed by atoms with Crippen molar-refractivity contribution in [3.63, 3.8) is 0 Å².